The lowest BCUT2D eigenvalue weighted by molar-refractivity contribution is 0.114. The summed E-state index contributed by atoms with van der Waals surface area (Å²) in [6, 6.07) is 3.44. The minimum absolute atomic E-state index is 0.0690. The van der Waals surface area contributed by atoms with Crippen molar-refractivity contribution < 1.29 is 5.11 Å². The molecule has 1 fully saturated rings. The topological polar surface area (TPSA) is 58.3 Å². The van der Waals surface area contributed by atoms with E-state index in [9.17, 15) is 5.11 Å². The first-order valence-electron chi connectivity index (χ1n) is 5.75. The molecule has 1 saturated heterocycles. The Morgan fingerprint density at radius 3 is 2.47 bits per heavy atom. The number of piperidine rings is 1. The quantitative estimate of drug-likeness (QED) is 0.727. The van der Waals surface area contributed by atoms with Crippen LogP contribution in [0.15, 0.2) is 12.1 Å². The van der Waals surface area contributed by atoms with Gasteiger partial charge in [-0.05, 0) is 37.1 Å². The molecule has 0 saturated carbocycles. The van der Waals surface area contributed by atoms with Gasteiger partial charge < -0.3 is 16.2 Å². The van der Waals surface area contributed by atoms with Crippen LogP contribution in [0.3, 0.4) is 0 Å². The molecule has 1 heterocycles. The highest BCUT2D eigenvalue weighted by Crippen LogP contribution is 2.33. The summed E-state index contributed by atoms with van der Waals surface area (Å²) in [4.78, 5) is 0. The van der Waals surface area contributed by atoms with E-state index in [0.717, 1.165) is 25.8 Å². The molecule has 2 atom stereocenters. The monoisotopic (exact) mass is 274 g/mol. The normalized spacial score (nSPS) is 22.4. The first kappa shape index (κ1) is 13.0. The molecule has 94 valence electrons. The molecule has 0 spiro atoms. The number of hydrogen-bond donors (Lipinski definition) is 3. The maximum Gasteiger partial charge on any atom is 0.0944 e. The van der Waals surface area contributed by atoms with Gasteiger partial charge in [0.2, 0.25) is 0 Å². The van der Waals surface area contributed by atoms with Crippen molar-refractivity contribution in [3.05, 3.63) is 27.7 Å². The van der Waals surface area contributed by atoms with Crippen LogP contribution in [0.5, 0.6) is 0 Å². The summed E-state index contributed by atoms with van der Waals surface area (Å²) in [5.74, 6) is 0. The number of nitrogens with one attached hydrogen (secondary N) is 1. The van der Waals surface area contributed by atoms with E-state index in [1.54, 1.807) is 12.1 Å². The lowest BCUT2D eigenvalue weighted by atomic mass is 9.95. The molecular weight excluding hydrogens is 259 g/mol. The maximum atomic E-state index is 10.3. The highest BCUT2D eigenvalue weighted by molar-refractivity contribution is 6.38. The van der Waals surface area contributed by atoms with E-state index < -0.39 is 6.10 Å². The van der Waals surface area contributed by atoms with Gasteiger partial charge in [-0.1, -0.05) is 29.6 Å². The Morgan fingerprint density at radius 2 is 1.94 bits per heavy atom. The predicted molar refractivity (Wildman–Crippen MR) is 71.5 cm³/mol. The van der Waals surface area contributed by atoms with E-state index in [2.05, 4.69) is 5.32 Å². The SMILES string of the molecule is Nc1c(Cl)cc([C@H](O)[C@H]2CCCCN2)cc1Cl. The van der Waals surface area contributed by atoms with Crippen LogP contribution in [0.1, 0.15) is 30.9 Å². The zero-order valence-electron chi connectivity index (χ0n) is 9.42. The molecule has 0 radical (unpaired) electrons. The number of rotatable bonds is 2. The second-order valence-electron chi connectivity index (χ2n) is 4.40. The highest BCUT2D eigenvalue weighted by atomic mass is 35.5. The second-order valence-corrected chi connectivity index (χ2v) is 5.21. The van der Waals surface area contributed by atoms with Gasteiger partial charge in [0.25, 0.3) is 0 Å². The van der Waals surface area contributed by atoms with Crippen molar-refractivity contribution in [3.8, 4) is 0 Å². The fraction of sp³-hybridized carbons (Fsp3) is 0.500. The highest BCUT2D eigenvalue weighted by Gasteiger charge is 2.23. The molecule has 1 aliphatic heterocycles. The predicted octanol–water partition coefficient (Wildman–Crippen LogP) is 2.75. The Kier molecular flexibility index (Phi) is 4.15. The Hall–Kier alpha value is -0.480. The first-order valence-corrected chi connectivity index (χ1v) is 6.51. The Bertz CT molecular complexity index is 382. The number of aliphatic hydroxyl groups excluding tert-OH is 1. The zero-order chi connectivity index (χ0) is 12.4. The Labute approximate surface area is 111 Å². The van der Waals surface area contributed by atoms with Crippen LogP contribution in [0, 0.1) is 0 Å². The molecule has 0 amide bonds. The number of hydrogen-bond acceptors (Lipinski definition) is 3. The summed E-state index contributed by atoms with van der Waals surface area (Å²) in [5.41, 5.74) is 6.75. The molecule has 1 aliphatic rings. The first-order chi connectivity index (χ1) is 8.09. The largest absolute Gasteiger partial charge is 0.396 e. The van der Waals surface area contributed by atoms with E-state index in [4.69, 9.17) is 28.9 Å². The number of halogens is 2. The third-order valence-corrected chi connectivity index (χ3v) is 3.80. The summed E-state index contributed by atoms with van der Waals surface area (Å²) in [7, 11) is 0. The number of nitrogens with two attached hydrogens (primary N) is 1. The third kappa shape index (κ3) is 2.86. The van der Waals surface area contributed by atoms with Crippen LogP contribution in [-0.2, 0) is 0 Å². The van der Waals surface area contributed by atoms with Crippen molar-refractivity contribution in [2.75, 3.05) is 12.3 Å². The molecular formula is C12H16Cl2N2O. The zero-order valence-corrected chi connectivity index (χ0v) is 10.9. The molecule has 0 aromatic heterocycles. The Morgan fingerprint density at radius 1 is 1.29 bits per heavy atom. The molecule has 3 nitrogen and oxygen atoms in total. The van der Waals surface area contributed by atoms with Gasteiger partial charge in [-0.15, -0.1) is 0 Å². The summed E-state index contributed by atoms with van der Waals surface area (Å²) in [6.07, 6.45) is 2.66. The average molecular weight is 275 g/mol. The molecule has 1 aromatic rings. The van der Waals surface area contributed by atoms with Crippen LogP contribution in [0.2, 0.25) is 10.0 Å². The van der Waals surface area contributed by atoms with Gasteiger partial charge in [0.15, 0.2) is 0 Å². The number of benzene rings is 1. The molecule has 17 heavy (non-hydrogen) atoms. The van der Waals surface area contributed by atoms with Gasteiger partial charge in [-0.3, -0.25) is 0 Å². The van der Waals surface area contributed by atoms with Crippen LogP contribution in [0.25, 0.3) is 0 Å². The van der Waals surface area contributed by atoms with Gasteiger partial charge in [0.05, 0.1) is 21.8 Å². The number of aliphatic hydroxyl groups is 1. The van der Waals surface area contributed by atoms with E-state index >= 15 is 0 Å². The standard InChI is InChI=1S/C12H16Cl2N2O/c13-8-5-7(6-9(14)11(8)15)12(17)10-3-1-2-4-16-10/h5-6,10,12,16-17H,1-4,15H2/t10-,12+/m1/s1. The van der Waals surface area contributed by atoms with Gasteiger partial charge in [0.1, 0.15) is 0 Å². The molecule has 2 rings (SSSR count). The van der Waals surface area contributed by atoms with Crippen molar-refractivity contribution in [3.63, 3.8) is 0 Å². The van der Waals surface area contributed by atoms with Crippen molar-refractivity contribution in [2.45, 2.75) is 31.4 Å². The van der Waals surface area contributed by atoms with Crippen LogP contribution in [-0.4, -0.2) is 17.7 Å². The summed E-state index contributed by atoms with van der Waals surface area (Å²) >= 11 is 11.9. The fourth-order valence-corrected chi connectivity index (χ4v) is 2.66. The number of nitrogen functional groups attached to an aromatic ring is 1. The summed E-state index contributed by atoms with van der Waals surface area (Å²) in [6.45, 7) is 0.943. The fourth-order valence-electron chi connectivity index (χ4n) is 2.16. The maximum absolute atomic E-state index is 10.3. The molecule has 5 heteroatoms. The van der Waals surface area contributed by atoms with E-state index in [-0.39, 0.29) is 6.04 Å². The number of anilines is 1. The van der Waals surface area contributed by atoms with Crippen molar-refractivity contribution in [1.82, 2.24) is 5.32 Å². The van der Waals surface area contributed by atoms with Crippen LogP contribution >= 0.6 is 23.2 Å². The molecule has 0 bridgehead atoms. The van der Waals surface area contributed by atoms with Crippen LogP contribution < -0.4 is 11.1 Å². The minimum atomic E-state index is -0.592. The lowest BCUT2D eigenvalue weighted by Gasteiger charge is -2.28. The molecule has 0 aliphatic carbocycles. The average Bonchev–Trinajstić information content (AvgIpc) is 2.35. The van der Waals surface area contributed by atoms with Crippen molar-refractivity contribution in [2.24, 2.45) is 0 Å². The van der Waals surface area contributed by atoms with Crippen molar-refractivity contribution in [1.29, 1.82) is 0 Å². The molecule has 1 aromatic carbocycles. The van der Waals surface area contributed by atoms with Gasteiger partial charge in [-0.25, -0.2) is 0 Å². The summed E-state index contributed by atoms with van der Waals surface area (Å²) < 4.78 is 0. The molecule has 0 unspecified atom stereocenters. The van der Waals surface area contributed by atoms with Gasteiger partial charge in [0, 0.05) is 6.04 Å². The third-order valence-electron chi connectivity index (χ3n) is 3.17. The van der Waals surface area contributed by atoms with Crippen molar-refractivity contribution >= 4 is 28.9 Å². The minimum Gasteiger partial charge on any atom is -0.396 e. The summed E-state index contributed by atoms with van der Waals surface area (Å²) in [5, 5.41) is 14.4. The molecule has 4 N–H and O–H groups in total. The van der Waals surface area contributed by atoms with Crippen LogP contribution in [0.4, 0.5) is 5.69 Å². The van der Waals surface area contributed by atoms with Gasteiger partial charge in [-0.2, -0.15) is 0 Å². The van der Waals surface area contributed by atoms with Gasteiger partial charge >= 0.3 is 0 Å². The van der Waals surface area contributed by atoms with E-state index in [0.29, 0.717) is 21.3 Å². The lowest BCUT2D eigenvalue weighted by Crippen LogP contribution is -2.38. The smallest absolute Gasteiger partial charge is 0.0944 e. The van der Waals surface area contributed by atoms with E-state index in [1.807, 2.05) is 0 Å². The van der Waals surface area contributed by atoms with E-state index in [1.165, 1.54) is 0 Å². The Balaban J connectivity index is 2.21. The second kappa shape index (κ2) is 5.44.